The van der Waals surface area contributed by atoms with E-state index in [1.807, 2.05) is 13.2 Å². The third-order valence-electron chi connectivity index (χ3n) is 2.34. The van der Waals surface area contributed by atoms with Crippen LogP contribution in [0.3, 0.4) is 0 Å². The third-order valence-corrected chi connectivity index (χ3v) is 2.61. The van der Waals surface area contributed by atoms with Gasteiger partial charge in [-0.1, -0.05) is 6.92 Å². The van der Waals surface area contributed by atoms with E-state index in [1.54, 1.807) is 4.68 Å². The van der Waals surface area contributed by atoms with Crippen molar-refractivity contribution in [3.8, 4) is 0 Å². The molecular weight excluding hydrogens is 226 g/mol. The lowest BCUT2D eigenvalue weighted by Gasteiger charge is -2.03. The molecule has 0 fully saturated rings. The van der Waals surface area contributed by atoms with Crippen molar-refractivity contribution in [3.63, 3.8) is 0 Å². The molecule has 1 aromatic heterocycles. The normalized spacial score (nSPS) is 10.4. The van der Waals surface area contributed by atoms with Crippen LogP contribution in [0, 0.1) is 0 Å². The van der Waals surface area contributed by atoms with E-state index in [0.717, 1.165) is 24.1 Å². The number of hydrogen-bond acceptors (Lipinski definition) is 2. The predicted molar refractivity (Wildman–Crippen MR) is 64.4 cm³/mol. The van der Waals surface area contributed by atoms with E-state index in [2.05, 4.69) is 17.3 Å². The van der Waals surface area contributed by atoms with Crippen molar-refractivity contribution < 1.29 is 4.79 Å². The number of hydrogen-bond donors (Lipinski definition) is 1. The van der Waals surface area contributed by atoms with Crippen molar-refractivity contribution in [1.29, 1.82) is 0 Å². The van der Waals surface area contributed by atoms with Crippen molar-refractivity contribution >= 4 is 17.5 Å². The summed E-state index contributed by atoms with van der Waals surface area (Å²) in [6.45, 7) is 2.61. The summed E-state index contributed by atoms with van der Waals surface area (Å²) in [4.78, 5) is 11.4. The average Bonchev–Trinajstić information content (AvgIpc) is 2.64. The van der Waals surface area contributed by atoms with Crippen LogP contribution in [0.2, 0.25) is 0 Å². The first-order chi connectivity index (χ1) is 7.67. The summed E-state index contributed by atoms with van der Waals surface area (Å²) in [7, 11) is 1.89. The highest BCUT2D eigenvalue weighted by Crippen LogP contribution is 2.06. The molecule has 0 aliphatic rings. The maximum Gasteiger partial charge on any atom is 0.220 e. The van der Waals surface area contributed by atoms with E-state index in [9.17, 15) is 4.79 Å². The Morgan fingerprint density at radius 3 is 3.00 bits per heavy atom. The number of aryl methyl sites for hydroxylation is 2. The molecule has 1 heterocycles. The summed E-state index contributed by atoms with van der Waals surface area (Å²) in [6, 6.07) is 0. The molecule has 0 spiro atoms. The largest absolute Gasteiger partial charge is 0.352 e. The fourth-order valence-corrected chi connectivity index (χ4v) is 1.67. The maximum absolute atomic E-state index is 11.4. The van der Waals surface area contributed by atoms with Crippen molar-refractivity contribution in [2.75, 3.05) is 5.88 Å². The van der Waals surface area contributed by atoms with Gasteiger partial charge in [-0.3, -0.25) is 9.48 Å². The summed E-state index contributed by atoms with van der Waals surface area (Å²) in [6.07, 6.45) is 4.04. The van der Waals surface area contributed by atoms with Crippen molar-refractivity contribution in [1.82, 2.24) is 15.1 Å². The van der Waals surface area contributed by atoms with E-state index >= 15 is 0 Å². The molecule has 1 amide bonds. The fourth-order valence-electron chi connectivity index (χ4n) is 1.54. The Hall–Kier alpha value is -1.03. The van der Waals surface area contributed by atoms with Crippen LogP contribution in [0.5, 0.6) is 0 Å². The summed E-state index contributed by atoms with van der Waals surface area (Å²) in [5.74, 6) is 0.576. The Morgan fingerprint density at radius 1 is 1.62 bits per heavy atom. The van der Waals surface area contributed by atoms with Crippen LogP contribution in [-0.2, 0) is 24.8 Å². The Labute approximate surface area is 101 Å². The lowest BCUT2D eigenvalue weighted by atomic mass is 10.2. The minimum atomic E-state index is 0.0477. The zero-order valence-electron chi connectivity index (χ0n) is 9.79. The monoisotopic (exact) mass is 243 g/mol. The van der Waals surface area contributed by atoms with Crippen LogP contribution in [0.15, 0.2) is 6.20 Å². The minimum Gasteiger partial charge on any atom is -0.352 e. The Bertz CT molecular complexity index is 349. The average molecular weight is 244 g/mol. The Morgan fingerprint density at radius 2 is 2.38 bits per heavy atom. The molecule has 0 saturated heterocycles. The molecule has 4 nitrogen and oxygen atoms in total. The number of rotatable bonds is 6. The van der Waals surface area contributed by atoms with Crippen LogP contribution in [0.4, 0.5) is 0 Å². The van der Waals surface area contributed by atoms with Gasteiger partial charge in [-0.15, -0.1) is 11.6 Å². The smallest absolute Gasteiger partial charge is 0.220 e. The summed E-state index contributed by atoms with van der Waals surface area (Å²) < 4.78 is 1.78. The van der Waals surface area contributed by atoms with E-state index in [4.69, 9.17) is 11.6 Å². The van der Waals surface area contributed by atoms with Crippen LogP contribution < -0.4 is 5.32 Å². The number of carbonyl (C=O) groups is 1. The van der Waals surface area contributed by atoms with Gasteiger partial charge in [-0.05, 0) is 12.8 Å². The molecule has 0 saturated carbocycles. The molecule has 0 atom stereocenters. The standard InChI is InChI=1S/C11H18ClN3O/c1-3-10-9(8-15(2)14-10)7-13-11(16)5-4-6-12/h8H,3-7H2,1-2H3,(H,13,16). The van der Waals surface area contributed by atoms with Gasteiger partial charge in [0.2, 0.25) is 5.91 Å². The van der Waals surface area contributed by atoms with Gasteiger partial charge in [0.25, 0.3) is 0 Å². The number of nitrogens with zero attached hydrogens (tertiary/aromatic N) is 2. The minimum absolute atomic E-state index is 0.0477. The predicted octanol–water partition coefficient (Wildman–Crippen LogP) is 1.62. The zero-order valence-corrected chi connectivity index (χ0v) is 10.5. The van der Waals surface area contributed by atoms with Gasteiger partial charge in [-0.2, -0.15) is 5.10 Å². The first-order valence-electron chi connectivity index (χ1n) is 5.51. The SMILES string of the molecule is CCc1nn(C)cc1CNC(=O)CCCCl. The Balaban J connectivity index is 2.44. The van der Waals surface area contributed by atoms with Crippen LogP contribution >= 0.6 is 11.6 Å². The molecule has 0 bridgehead atoms. The first kappa shape index (κ1) is 13.0. The van der Waals surface area contributed by atoms with Gasteiger partial charge in [0, 0.05) is 37.7 Å². The highest BCUT2D eigenvalue weighted by atomic mass is 35.5. The summed E-state index contributed by atoms with van der Waals surface area (Å²) >= 11 is 5.52. The quantitative estimate of drug-likeness (QED) is 0.772. The summed E-state index contributed by atoms with van der Waals surface area (Å²) in [5, 5.41) is 7.18. The molecule has 1 N–H and O–H groups in total. The molecule has 1 rings (SSSR count). The molecule has 5 heteroatoms. The van der Waals surface area contributed by atoms with Gasteiger partial charge in [0.1, 0.15) is 0 Å². The molecule has 0 radical (unpaired) electrons. The highest BCUT2D eigenvalue weighted by molar-refractivity contribution is 6.17. The molecule has 0 aromatic carbocycles. The number of aromatic nitrogens is 2. The van der Waals surface area contributed by atoms with E-state index < -0.39 is 0 Å². The van der Waals surface area contributed by atoms with E-state index in [0.29, 0.717) is 18.8 Å². The topological polar surface area (TPSA) is 46.9 Å². The molecule has 90 valence electrons. The van der Waals surface area contributed by atoms with Gasteiger partial charge in [-0.25, -0.2) is 0 Å². The fraction of sp³-hybridized carbons (Fsp3) is 0.636. The molecular formula is C11H18ClN3O. The maximum atomic E-state index is 11.4. The second-order valence-electron chi connectivity index (χ2n) is 3.70. The van der Waals surface area contributed by atoms with E-state index in [-0.39, 0.29) is 5.91 Å². The number of nitrogens with one attached hydrogen (secondary N) is 1. The molecule has 16 heavy (non-hydrogen) atoms. The second-order valence-corrected chi connectivity index (χ2v) is 4.08. The molecule has 0 unspecified atom stereocenters. The number of halogens is 1. The number of carbonyl (C=O) groups excluding carboxylic acids is 1. The van der Waals surface area contributed by atoms with Crippen LogP contribution in [0.25, 0.3) is 0 Å². The van der Waals surface area contributed by atoms with Gasteiger partial charge in [0.15, 0.2) is 0 Å². The van der Waals surface area contributed by atoms with Crippen LogP contribution in [0.1, 0.15) is 31.0 Å². The zero-order chi connectivity index (χ0) is 12.0. The van der Waals surface area contributed by atoms with Crippen molar-refractivity contribution in [2.24, 2.45) is 7.05 Å². The van der Waals surface area contributed by atoms with Crippen LogP contribution in [-0.4, -0.2) is 21.6 Å². The lowest BCUT2D eigenvalue weighted by molar-refractivity contribution is -0.121. The van der Waals surface area contributed by atoms with Gasteiger partial charge in [0.05, 0.1) is 5.69 Å². The Kier molecular flexibility index (Phi) is 5.32. The lowest BCUT2D eigenvalue weighted by Crippen LogP contribution is -2.22. The van der Waals surface area contributed by atoms with Gasteiger partial charge >= 0.3 is 0 Å². The molecule has 0 aliphatic heterocycles. The molecule has 0 aliphatic carbocycles. The third kappa shape index (κ3) is 3.85. The first-order valence-corrected chi connectivity index (χ1v) is 6.04. The molecule has 1 aromatic rings. The van der Waals surface area contributed by atoms with Gasteiger partial charge < -0.3 is 5.32 Å². The van der Waals surface area contributed by atoms with E-state index in [1.165, 1.54) is 0 Å². The number of amides is 1. The second kappa shape index (κ2) is 6.53. The van der Waals surface area contributed by atoms with Crippen molar-refractivity contribution in [3.05, 3.63) is 17.5 Å². The van der Waals surface area contributed by atoms with Crippen molar-refractivity contribution in [2.45, 2.75) is 32.7 Å². The number of alkyl halides is 1. The summed E-state index contributed by atoms with van der Waals surface area (Å²) in [5.41, 5.74) is 2.13. The highest BCUT2D eigenvalue weighted by Gasteiger charge is 2.07.